The van der Waals surface area contributed by atoms with Crippen LogP contribution in [-0.2, 0) is 4.79 Å². The molecule has 0 unspecified atom stereocenters. The smallest absolute Gasteiger partial charge is 0.233 e. The first-order valence-electron chi connectivity index (χ1n) is 9.45. The lowest BCUT2D eigenvalue weighted by Gasteiger charge is -2.23. The highest BCUT2D eigenvalue weighted by Crippen LogP contribution is 2.39. The van der Waals surface area contributed by atoms with Crippen LogP contribution in [0.3, 0.4) is 0 Å². The number of amides is 1. The Hall–Kier alpha value is -1.53. The molecule has 5 nitrogen and oxygen atoms in total. The average Bonchev–Trinajstić information content (AvgIpc) is 3.23. The van der Waals surface area contributed by atoms with Gasteiger partial charge in [0.25, 0.3) is 0 Å². The summed E-state index contributed by atoms with van der Waals surface area (Å²) < 4.78 is 2.19. The van der Waals surface area contributed by atoms with Gasteiger partial charge in [-0.05, 0) is 52.7 Å². The first kappa shape index (κ1) is 20.2. The number of hydrogen-bond acceptors (Lipinski definition) is 4. The third kappa shape index (κ3) is 4.85. The molecule has 0 aliphatic heterocycles. The van der Waals surface area contributed by atoms with E-state index in [0.29, 0.717) is 11.1 Å². The topological polar surface area (TPSA) is 59.8 Å². The largest absolute Gasteiger partial charge is 0.351 e. The fraction of sp³-hybridized carbons (Fsp3) is 0.550. The van der Waals surface area contributed by atoms with Gasteiger partial charge in [-0.25, -0.2) is 0 Å². The Morgan fingerprint density at radius 2 is 1.93 bits per heavy atom. The minimum absolute atomic E-state index is 0.00719. The van der Waals surface area contributed by atoms with Crippen LogP contribution in [0.4, 0.5) is 0 Å². The number of rotatable bonds is 5. The van der Waals surface area contributed by atoms with Gasteiger partial charge in [-0.1, -0.05) is 48.3 Å². The number of aromatic nitrogens is 3. The van der Waals surface area contributed by atoms with Gasteiger partial charge in [-0.2, -0.15) is 0 Å². The first-order valence-corrected chi connectivity index (χ1v) is 10.7. The molecule has 2 aromatic rings. The van der Waals surface area contributed by atoms with Crippen LogP contribution in [0, 0.1) is 0 Å². The van der Waals surface area contributed by atoms with Crippen molar-refractivity contribution in [1.82, 2.24) is 20.1 Å². The summed E-state index contributed by atoms with van der Waals surface area (Å²) in [6, 6.07) is 8.07. The van der Waals surface area contributed by atoms with Crippen LogP contribution < -0.4 is 5.32 Å². The van der Waals surface area contributed by atoms with E-state index in [9.17, 15) is 4.79 Å². The standard InChI is InChI=1S/C20H27ClN4OS/c1-13(18(26)22-20(2,3)4)27-19-24-23-17(15-11-7-8-12-16(15)21)25(19)14-9-5-6-10-14/h7-8,11-14H,5-6,9-10H2,1-4H3,(H,22,26)/t13-/m1/s1. The molecule has 1 aromatic carbocycles. The van der Waals surface area contributed by atoms with Crippen LogP contribution in [0.5, 0.6) is 0 Å². The van der Waals surface area contributed by atoms with Gasteiger partial charge in [0.2, 0.25) is 5.91 Å². The summed E-state index contributed by atoms with van der Waals surface area (Å²) >= 11 is 7.88. The molecule has 7 heteroatoms. The summed E-state index contributed by atoms with van der Waals surface area (Å²) in [5, 5.41) is 13.1. The summed E-state index contributed by atoms with van der Waals surface area (Å²) in [6.07, 6.45) is 4.61. The van der Waals surface area contributed by atoms with Crippen molar-refractivity contribution in [3.8, 4) is 11.4 Å². The SMILES string of the molecule is C[C@@H](Sc1nnc(-c2ccccc2Cl)n1C1CCCC1)C(=O)NC(C)(C)C. The zero-order chi connectivity index (χ0) is 19.6. The van der Waals surface area contributed by atoms with Gasteiger partial charge in [0.1, 0.15) is 0 Å². The van der Waals surface area contributed by atoms with Crippen molar-refractivity contribution in [2.24, 2.45) is 0 Å². The highest BCUT2D eigenvalue weighted by Gasteiger charge is 2.28. The van der Waals surface area contributed by atoms with Crippen molar-refractivity contribution >= 4 is 29.3 Å². The molecule has 3 rings (SSSR count). The number of benzene rings is 1. The summed E-state index contributed by atoms with van der Waals surface area (Å²) in [7, 11) is 0. The van der Waals surface area contributed by atoms with Gasteiger partial charge in [0, 0.05) is 17.1 Å². The summed E-state index contributed by atoms with van der Waals surface area (Å²) in [5.41, 5.74) is 0.630. The lowest BCUT2D eigenvalue weighted by Crippen LogP contribution is -2.44. The molecule has 1 saturated carbocycles. The van der Waals surface area contributed by atoms with Gasteiger partial charge in [-0.3, -0.25) is 9.36 Å². The van der Waals surface area contributed by atoms with Crippen LogP contribution in [0.1, 0.15) is 59.4 Å². The number of carbonyl (C=O) groups excluding carboxylic acids is 1. The number of hydrogen-bond donors (Lipinski definition) is 1. The molecule has 1 atom stereocenters. The van der Waals surface area contributed by atoms with E-state index >= 15 is 0 Å². The van der Waals surface area contributed by atoms with E-state index in [-0.39, 0.29) is 16.7 Å². The minimum Gasteiger partial charge on any atom is -0.351 e. The molecule has 146 valence electrons. The number of carbonyl (C=O) groups is 1. The lowest BCUT2D eigenvalue weighted by atomic mass is 10.1. The van der Waals surface area contributed by atoms with Gasteiger partial charge in [-0.15, -0.1) is 10.2 Å². The van der Waals surface area contributed by atoms with E-state index in [4.69, 9.17) is 11.6 Å². The predicted molar refractivity (Wildman–Crippen MR) is 111 cm³/mol. The third-order valence-corrected chi connectivity index (χ3v) is 6.01. The van der Waals surface area contributed by atoms with Crippen molar-refractivity contribution in [1.29, 1.82) is 0 Å². The second-order valence-corrected chi connectivity index (χ2v) is 9.81. The maximum atomic E-state index is 12.5. The van der Waals surface area contributed by atoms with E-state index < -0.39 is 0 Å². The van der Waals surface area contributed by atoms with Crippen LogP contribution in [0.25, 0.3) is 11.4 Å². The van der Waals surface area contributed by atoms with Crippen LogP contribution >= 0.6 is 23.4 Å². The van der Waals surface area contributed by atoms with E-state index in [2.05, 4.69) is 20.1 Å². The molecule has 27 heavy (non-hydrogen) atoms. The Balaban J connectivity index is 1.92. The molecule has 0 saturated heterocycles. The fourth-order valence-electron chi connectivity index (χ4n) is 3.36. The molecule has 0 bridgehead atoms. The van der Waals surface area contributed by atoms with Crippen molar-refractivity contribution < 1.29 is 4.79 Å². The molecule has 0 radical (unpaired) electrons. The van der Waals surface area contributed by atoms with Gasteiger partial charge < -0.3 is 5.32 Å². The van der Waals surface area contributed by atoms with Crippen molar-refractivity contribution in [3.63, 3.8) is 0 Å². The quantitative estimate of drug-likeness (QED) is 0.701. The monoisotopic (exact) mass is 406 g/mol. The Bertz CT molecular complexity index is 809. The van der Waals surface area contributed by atoms with Gasteiger partial charge in [0.15, 0.2) is 11.0 Å². The Morgan fingerprint density at radius 3 is 2.56 bits per heavy atom. The number of halogens is 1. The fourth-order valence-corrected chi connectivity index (χ4v) is 4.50. The Morgan fingerprint density at radius 1 is 1.26 bits per heavy atom. The molecule has 1 aromatic heterocycles. The molecule has 1 aliphatic rings. The highest BCUT2D eigenvalue weighted by atomic mass is 35.5. The molecule has 1 heterocycles. The maximum Gasteiger partial charge on any atom is 0.233 e. The van der Waals surface area contributed by atoms with E-state index in [0.717, 1.165) is 29.4 Å². The average molecular weight is 407 g/mol. The summed E-state index contributed by atoms with van der Waals surface area (Å²) in [6.45, 7) is 7.87. The molecule has 1 aliphatic carbocycles. The number of nitrogens with zero attached hydrogens (tertiary/aromatic N) is 3. The second kappa shape index (κ2) is 8.23. The molecule has 1 N–H and O–H groups in total. The van der Waals surface area contributed by atoms with Gasteiger partial charge >= 0.3 is 0 Å². The first-order chi connectivity index (χ1) is 12.8. The Labute approximate surface area is 170 Å². The van der Waals surface area contributed by atoms with Crippen molar-refractivity contribution in [3.05, 3.63) is 29.3 Å². The van der Waals surface area contributed by atoms with Crippen LogP contribution in [-0.4, -0.2) is 31.5 Å². The van der Waals surface area contributed by atoms with E-state index in [1.165, 1.54) is 24.6 Å². The molecule has 1 amide bonds. The highest BCUT2D eigenvalue weighted by molar-refractivity contribution is 8.00. The van der Waals surface area contributed by atoms with Crippen molar-refractivity contribution in [2.75, 3.05) is 0 Å². The Kier molecular flexibility index (Phi) is 6.16. The molecule has 0 spiro atoms. The van der Waals surface area contributed by atoms with E-state index in [1.807, 2.05) is 52.0 Å². The van der Waals surface area contributed by atoms with Crippen LogP contribution in [0.2, 0.25) is 5.02 Å². The number of thioether (sulfide) groups is 1. The predicted octanol–water partition coefficient (Wildman–Crippen LogP) is 5.11. The molecule has 1 fully saturated rings. The van der Waals surface area contributed by atoms with Crippen LogP contribution in [0.15, 0.2) is 29.4 Å². The summed E-state index contributed by atoms with van der Waals surface area (Å²) in [4.78, 5) is 12.5. The minimum atomic E-state index is -0.257. The zero-order valence-corrected chi connectivity index (χ0v) is 17.9. The second-order valence-electron chi connectivity index (χ2n) is 8.09. The molecular formula is C20H27ClN4OS. The zero-order valence-electron chi connectivity index (χ0n) is 16.3. The lowest BCUT2D eigenvalue weighted by molar-refractivity contribution is -0.121. The summed E-state index contributed by atoms with van der Waals surface area (Å²) in [5.74, 6) is 0.797. The maximum absolute atomic E-state index is 12.5. The number of nitrogens with one attached hydrogen (secondary N) is 1. The van der Waals surface area contributed by atoms with Gasteiger partial charge in [0.05, 0.1) is 10.3 Å². The van der Waals surface area contributed by atoms with Crippen molar-refractivity contribution in [2.45, 2.75) is 75.4 Å². The molecular weight excluding hydrogens is 380 g/mol. The normalized spacial score (nSPS) is 16.5. The van der Waals surface area contributed by atoms with E-state index in [1.54, 1.807) is 0 Å². The third-order valence-electron chi connectivity index (χ3n) is 4.62.